The molecule has 212 valence electrons. The number of likely N-dealkylation sites (tertiary alicyclic amines) is 1. The number of anilines is 3. The van der Waals surface area contributed by atoms with E-state index in [1.165, 1.54) is 26.4 Å². The number of methoxy groups -OCH3 is 2. The second-order valence-corrected chi connectivity index (χ2v) is 10.2. The monoisotopic (exact) mass is 575 g/mol. The number of nitrogens with one attached hydrogen (secondary N) is 2. The molecule has 2 atom stereocenters. The van der Waals surface area contributed by atoms with Crippen LogP contribution in [0.25, 0.3) is 10.8 Å². The first-order valence-electron chi connectivity index (χ1n) is 13.0. The number of thiol groups is 1. The molecular weight excluding hydrogens is 545 g/mol. The summed E-state index contributed by atoms with van der Waals surface area (Å²) in [5.41, 5.74) is 8.58. The van der Waals surface area contributed by atoms with Crippen LogP contribution in [0.3, 0.4) is 0 Å². The molecule has 1 aliphatic heterocycles. The fraction of sp³-hybridized carbons (Fsp3) is 0.233. The summed E-state index contributed by atoms with van der Waals surface area (Å²) in [7, 11) is 2.67. The first kappa shape index (κ1) is 28.0. The van der Waals surface area contributed by atoms with Crippen molar-refractivity contribution in [1.82, 2.24) is 9.88 Å². The molecule has 1 saturated heterocycles. The van der Waals surface area contributed by atoms with Gasteiger partial charge in [-0.25, -0.2) is 14.2 Å². The van der Waals surface area contributed by atoms with Crippen molar-refractivity contribution in [2.45, 2.75) is 29.8 Å². The molecule has 1 fully saturated rings. The quantitative estimate of drug-likeness (QED) is 0.201. The van der Waals surface area contributed by atoms with Crippen molar-refractivity contribution in [2.24, 2.45) is 0 Å². The second kappa shape index (κ2) is 11.9. The molecule has 0 unspecified atom stereocenters. The van der Waals surface area contributed by atoms with E-state index in [4.69, 9.17) is 15.2 Å². The van der Waals surface area contributed by atoms with Crippen molar-refractivity contribution >= 4 is 52.6 Å². The summed E-state index contributed by atoms with van der Waals surface area (Å²) in [6.45, 7) is 0.516. The van der Waals surface area contributed by atoms with Crippen LogP contribution in [0.15, 0.2) is 71.8 Å². The summed E-state index contributed by atoms with van der Waals surface area (Å²) < 4.78 is 24.3. The molecule has 4 aromatic rings. The van der Waals surface area contributed by atoms with Crippen molar-refractivity contribution in [1.29, 1.82) is 0 Å². The predicted molar refractivity (Wildman–Crippen MR) is 159 cm³/mol. The van der Waals surface area contributed by atoms with Gasteiger partial charge >= 0.3 is 6.09 Å². The van der Waals surface area contributed by atoms with Gasteiger partial charge in [-0.2, -0.15) is 0 Å². The number of nitrogens with zero attached hydrogens (tertiary/aromatic N) is 2. The number of aromatic nitrogens is 1. The molecule has 1 aliphatic rings. The molecule has 2 amide bonds. The van der Waals surface area contributed by atoms with Crippen molar-refractivity contribution in [3.05, 3.63) is 83.8 Å². The largest absolute Gasteiger partial charge is 0.494 e. The molecular formula is C30H30FN5O4S. The van der Waals surface area contributed by atoms with E-state index < -0.39 is 18.0 Å². The van der Waals surface area contributed by atoms with E-state index in [1.54, 1.807) is 35.4 Å². The van der Waals surface area contributed by atoms with E-state index in [0.717, 1.165) is 22.8 Å². The van der Waals surface area contributed by atoms with Crippen LogP contribution in [-0.4, -0.2) is 42.6 Å². The predicted octanol–water partition coefficient (Wildman–Crippen LogP) is 5.95. The van der Waals surface area contributed by atoms with E-state index in [9.17, 15) is 14.0 Å². The maximum Gasteiger partial charge on any atom is 0.411 e. The van der Waals surface area contributed by atoms with Crippen LogP contribution in [0.5, 0.6) is 5.75 Å². The number of rotatable bonds is 7. The number of benzene rings is 3. The Morgan fingerprint density at radius 1 is 1.10 bits per heavy atom. The van der Waals surface area contributed by atoms with E-state index in [0.29, 0.717) is 40.6 Å². The van der Waals surface area contributed by atoms with E-state index in [-0.39, 0.29) is 17.7 Å². The van der Waals surface area contributed by atoms with Gasteiger partial charge < -0.3 is 25.4 Å². The summed E-state index contributed by atoms with van der Waals surface area (Å²) in [6, 6.07) is 16.0. The van der Waals surface area contributed by atoms with Gasteiger partial charge in [0.15, 0.2) is 11.6 Å². The number of halogens is 1. The van der Waals surface area contributed by atoms with Gasteiger partial charge in [-0.15, -0.1) is 12.6 Å². The molecule has 41 heavy (non-hydrogen) atoms. The topological polar surface area (TPSA) is 119 Å². The Morgan fingerprint density at radius 3 is 2.68 bits per heavy atom. The number of nitrogen functional groups attached to an aromatic ring is 1. The van der Waals surface area contributed by atoms with E-state index in [1.807, 2.05) is 24.3 Å². The SMILES string of the molecule is COC(=O)Nc1ccc(S)c([C@H]2CCCN2C(=O)[C@@H](Nc2ccc3c(N)nccc3c2)c2ccc(F)c(OC)c2)c1. The molecule has 0 radical (unpaired) electrons. The van der Waals surface area contributed by atoms with Crippen LogP contribution in [0.1, 0.15) is 36.1 Å². The number of nitrogens with two attached hydrogens (primary N) is 1. The average Bonchev–Trinajstić information content (AvgIpc) is 3.47. The molecule has 2 heterocycles. The Bertz CT molecular complexity index is 1620. The highest BCUT2D eigenvalue weighted by atomic mass is 32.1. The minimum atomic E-state index is -0.860. The first-order valence-corrected chi connectivity index (χ1v) is 13.5. The highest BCUT2D eigenvalue weighted by Gasteiger charge is 2.36. The smallest absolute Gasteiger partial charge is 0.411 e. The number of pyridine rings is 1. The van der Waals surface area contributed by atoms with E-state index in [2.05, 4.69) is 28.2 Å². The number of hydrogen-bond acceptors (Lipinski definition) is 8. The van der Waals surface area contributed by atoms with Crippen molar-refractivity contribution in [3.63, 3.8) is 0 Å². The normalized spacial score (nSPS) is 15.4. The van der Waals surface area contributed by atoms with Gasteiger partial charge in [0.05, 0.1) is 20.3 Å². The summed E-state index contributed by atoms with van der Waals surface area (Å²) >= 11 is 4.65. The molecule has 9 nitrogen and oxygen atoms in total. The lowest BCUT2D eigenvalue weighted by Gasteiger charge is -2.31. The Labute approximate surface area is 242 Å². The lowest BCUT2D eigenvalue weighted by molar-refractivity contribution is -0.133. The zero-order chi connectivity index (χ0) is 29.1. The molecule has 1 aromatic heterocycles. The van der Waals surface area contributed by atoms with Gasteiger partial charge in [0.2, 0.25) is 5.91 Å². The van der Waals surface area contributed by atoms with Crippen LogP contribution in [0.4, 0.5) is 26.4 Å². The van der Waals surface area contributed by atoms with Crippen LogP contribution in [0, 0.1) is 5.82 Å². The zero-order valence-electron chi connectivity index (χ0n) is 22.6. The van der Waals surface area contributed by atoms with Crippen LogP contribution in [-0.2, 0) is 9.53 Å². The zero-order valence-corrected chi connectivity index (χ0v) is 23.5. The third-order valence-corrected chi connectivity index (χ3v) is 7.62. The number of hydrogen-bond donors (Lipinski definition) is 4. The van der Waals surface area contributed by atoms with Crippen molar-refractivity contribution in [2.75, 3.05) is 37.1 Å². The van der Waals surface area contributed by atoms with Crippen molar-refractivity contribution in [3.8, 4) is 5.75 Å². The third kappa shape index (κ3) is 5.85. The van der Waals surface area contributed by atoms with Crippen LogP contribution >= 0.6 is 12.6 Å². The first-order chi connectivity index (χ1) is 19.8. The van der Waals surface area contributed by atoms with Gasteiger partial charge in [0.25, 0.3) is 0 Å². The third-order valence-electron chi connectivity index (χ3n) is 7.22. The van der Waals surface area contributed by atoms with Gasteiger partial charge in [-0.05, 0) is 84.0 Å². The van der Waals surface area contributed by atoms with Gasteiger partial charge in [0.1, 0.15) is 11.9 Å². The minimum absolute atomic E-state index is 0.0386. The van der Waals surface area contributed by atoms with Gasteiger partial charge in [0, 0.05) is 34.4 Å². The highest BCUT2D eigenvalue weighted by Crippen LogP contribution is 2.39. The van der Waals surface area contributed by atoms with Crippen molar-refractivity contribution < 1.29 is 23.5 Å². The molecule has 0 bridgehead atoms. The molecule has 11 heteroatoms. The molecule has 5 rings (SSSR count). The fourth-order valence-corrected chi connectivity index (χ4v) is 5.48. The number of amides is 2. The molecule has 0 spiro atoms. The van der Waals surface area contributed by atoms with Crippen LogP contribution < -0.4 is 21.1 Å². The average molecular weight is 576 g/mol. The highest BCUT2D eigenvalue weighted by molar-refractivity contribution is 7.80. The maximum absolute atomic E-state index is 14.4. The fourth-order valence-electron chi connectivity index (χ4n) is 5.19. The molecule has 3 aromatic carbocycles. The van der Waals surface area contributed by atoms with Crippen LogP contribution in [0.2, 0.25) is 0 Å². The Morgan fingerprint density at radius 2 is 1.90 bits per heavy atom. The Balaban J connectivity index is 1.52. The standard InChI is InChI=1S/C30H30FN5O4S/c1-39-25-15-18(5-9-23(25)31)27(34-19-6-8-21-17(14-19)11-12-33-28(21)32)29(37)36-13-3-4-24(36)22-16-20(7-10-26(22)41)35-30(38)40-2/h5-12,14-16,24,27,34,41H,3-4,13H2,1-2H3,(H2,32,33)(H,35,38)/t24-,27+/m1/s1. The number of carbonyl (C=O) groups is 2. The second-order valence-electron chi connectivity index (χ2n) is 9.68. The summed E-state index contributed by atoms with van der Waals surface area (Å²) in [4.78, 5) is 32.8. The summed E-state index contributed by atoms with van der Waals surface area (Å²) in [5.74, 6) is -0.271. The molecule has 0 saturated carbocycles. The maximum atomic E-state index is 14.4. The Hall–Kier alpha value is -4.51. The lowest BCUT2D eigenvalue weighted by Crippen LogP contribution is -2.38. The lowest BCUT2D eigenvalue weighted by atomic mass is 10.0. The van der Waals surface area contributed by atoms with E-state index >= 15 is 0 Å². The number of ether oxygens (including phenoxy) is 2. The Kier molecular flexibility index (Phi) is 8.16. The van der Waals surface area contributed by atoms with Gasteiger partial charge in [-0.3, -0.25) is 10.1 Å². The summed E-state index contributed by atoms with van der Waals surface area (Å²) in [6.07, 6.45) is 2.52. The molecule has 0 aliphatic carbocycles. The van der Waals surface area contributed by atoms with Gasteiger partial charge in [-0.1, -0.05) is 6.07 Å². The minimum Gasteiger partial charge on any atom is -0.494 e. The summed E-state index contributed by atoms with van der Waals surface area (Å²) in [5, 5.41) is 7.69. The number of carbonyl (C=O) groups excluding carboxylic acids is 2. The molecule has 4 N–H and O–H groups in total. The number of fused-ring (bicyclic) bond motifs is 1.